The summed E-state index contributed by atoms with van der Waals surface area (Å²) in [6.45, 7) is 8.18. The number of hydrogen-bond donors (Lipinski definition) is 0. The Hall–Kier alpha value is -0.980. The maximum atomic E-state index is 5.12. The van der Waals surface area contributed by atoms with Gasteiger partial charge in [-0.15, -0.1) is 0 Å². The minimum Gasteiger partial charge on any atom is -0.497 e. The zero-order chi connectivity index (χ0) is 9.56. The first-order valence-corrected chi connectivity index (χ1v) is 4.17. The number of rotatable bonds is 3. The standard InChI is InChI=1S/C11H18O/c1-6-9(3)10(4)8-11(7-2)12-5/h6-8H,1-5H3/b9-6-,10-8-,11-7+. The third-order valence-electron chi connectivity index (χ3n) is 1.93. The van der Waals surface area contributed by atoms with Gasteiger partial charge >= 0.3 is 0 Å². The summed E-state index contributed by atoms with van der Waals surface area (Å²) in [7, 11) is 1.68. The molecular formula is C11H18O. The molecule has 12 heavy (non-hydrogen) atoms. The van der Waals surface area contributed by atoms with Crippen molar-refractivity contribution in [2.45, 2.75) is 27.7 Å². The van der Waals surface area contributed by atoms with E-state index in [2.05, 4.69) is 19.9 Å². The van der Waals surface area contributed by atoms with Crippen LogP contribution in [0, 0.1) is 0 Å². The highest BCUT2D eigenvalue weighted by atomic mass is 16.5. The molecule has 0 fully saturated rings. The lowest BCUT2D eigenvalue weighted by Gasteiger charge is -2.03. The molecule has 0 heterocycles. The van der Waals surface area contributed by atoms with Crippen molar-refractivity contribution in [3.8, 4) is 0 Å². The van der Waals surface area contributed by atoms with Crippen LogP contribution >= 0.6 is 0 Å². The zero-order valence-corrected chi connectivity index (χ0v) is 8.64. The van der Waals surface area contributed by atoms with Crippen LogP contribution in [-0.2, 0) is 4.74 Å². The van der Waals surface area contributed by atoms with Crippen LogP contribution < -0.4 is 0 Å². The summed E-state index contributed by atoms with van der Waals surface area (Å²) in [5.41, 5.74) is 2.53. The largest absolute Gasteiger partial charge is 0.497 e. The van der Waals surface area contributed by atoms with Crippen molar-refractivity contribution in [2.75, 3.05) is 7.11 Å². The molecule has 0 amide bonds. The summed E-state index contributed by atoms with van der Waals surface area (Å²) in [4.78, 5) is 0. The molecule has 0 saturated heterocycles. The van der Waals surface area contributed by atoms with Gasteiger partial charge in [0.2, 0.25) is 0 Å². The van der Waals surface area contributed by atoms with Crippen LogP contribution in [0.25, 0.3) is 0 Å². The van der Waals surface area contributed by atoms with Crippen molar-refractivity contribution in [1.82, 2.24) is 0 Å². The van der Waals surface area contributed by atoms with Crippen LogP contribution in [0.4, 0.5) is 0 Å². The topological polar surface area (TPSA) is 9.23 Å². The van der Waals surface area contributed by atoms with E-state index in [0.29, 0.717) is 0 Å². The minimum atomic E-state index is 0.911. The van der Waals surface area contributed by atoms with Gasteiger partial charge in [-0.1, -0.05) is 11.6 Å². The zero-order valence-electron chi connectivity index (χ0n) is 8.64. The Morgan fingerprint density at radius 2 is 1.58 bits per heavy atom. The van der Waals surface area contributed by atoms with Crippen molar-refractivity contribution in [2.24, 2.45) is 0 Å². The Labute approximate surface area is 75.4 Å². The van der Waals surface area contributed by atoms with E-state index in [0.717, 1.165) is 5.76 Å². The fraction of sp³-hybridized carbons (Fsp3) is 0.455. The third kappa shape index (κ3) is 3.42. The normalized spacial score (nSPS) is 14.9. The fourth-order valence-corrected chi connectivity index (χ4v) is 0.815. The number of hydrogen-bond acceptors (Lipinski definition) is 1. The summed E-state index contributed by atoms with van der Waals surface area (Å²) in [6, 6.07) is 0. The van der Waals surface area contributed by atoms with Gasteiger partial charge in [0, 0.05) is 0 Å². The Bertz CT molecular complexity index is 219. The average Bonchev–Trinajstić information content (AvgIpc) is 2.12. The first-order valence-electron chi connectivity index (χ1n) is 4.17. The summed E-state index contributed by atoms with van der Waals surface area (Å²) in [6.07, 6.45) is 6.08. The molecule has 0 aliphatic carbocycles. The molecule has 0 rings (SSSR count). The van der Waals surface area contributed by atoms with Crippen LogP contribution in [0.1, 0.15) is 27.7 Å². The lowest BCUT2D eigenvalue weighted by atomic mass is 10.1. The van der Waals surface area contributed by atoms with Gasteiger partial charge in [-0.05, 0) is 45.4 Å². The van der Waals surface area contributed by atoms with Crippen LogP contribution in [0.2, 0.25) is 0 Å². The summed E-state index contributed by atoms with van der Waals surface area (Å²) in [5, 5.41) is 0. The highest BCUT2D eigenvalue weighted by molar-refractivity contribution is 5.31. The molecule has 0 radical (unpaired) electrons. The second kappa shape index (κ2) is 5.64. The molecule has 1 heteroatoms. The highest BCUT2D eigenvalue weighted by Gasteiger charge is 1.93. The molecule has 0 aromatic rings. The lowest BCUT2D eigenvalue weighted by Crippen LogP contribution is -1.85. The van der Waals surface area contributed by atoms with E-state index in [-0.39, 0.29) is 0 Å². The molecule has 0 aromatic heterocycles. The van der Waals surface area contributed by atoms with Gasteiger partial charge in [0.25, 0.3) is 0 Å². The summed E-state index contributed by atoms with van der Waals surface area (Å²) in [5.74, 6) is 0.911. The predicted octanol–water partition coefficient (Wildman–Crippen LogP) is 3.45. The van der Waals surface area contributed by atoms with Crippen molar-refractivity contribution in [1.29, 1.82) is 0 Å². The molecule has 0 aromatic carbocycles. The van der Waals surface area contributed by atoms with Crippen LogP contribution in [0.15, 0.2) is 35.1 Å². The van der Waals surface area contributed by atoms with Crippen LogP contribution in [0.5, 0.6) is 0 Å². The number of ether oxygens (including phenoxy) is 1. The number of allylic oxidation sites excluding steroid dienone is 5. The molecular weight excluding hydrogens is 148 g/mol. The first-order chi connectivity index (χ1) is 5.65. The molecule has 0 atom stereocenters. The van der Waals surface area contributed by atoms with E-state index in [1.165, 1.54) is 11.1 Å². The molecule has 0 spiro atoms. The van der Waals surface area contributed by atoms with Gasteiger partial charge in [0.15, 0.2) is 0 Å². The lowest BCUT2D eigenvalue weighted by molar-refractivity contribution is 0.306. The summed E-state index contributed by atoms with van der Waals surface area (Å²) < 4.78 is 5.12. The summed E-state index contributed by atoms with van der Waals surface area (Å²) >= 11 is 0. The smallest absolute Gasteiger partial charge is 0.114 e. The van der Waals surface area contributed by atoms with E-state index >= 15 is 0 Å². The first kappa shape index (κ1) is 11.0. The quantitative estimate of drug-likeness (QED) is 0.461. The average molecular weight is 166 g/mol. The SMILES string of the molecule is C\C=C(C)/C(C)=C\C(=C/C)OC. The Morgan fingerprint density at radius 1 is 1.00 bits per heavy atom. The molecule has 0 N–H and O–H groups in total. The molecule has 1 nitrogen and oxygen atoms in total. The van der Waals surface area contributed by atoms with Crippen LogP contribution in [0.3, 0.4) is 0 Å². The van der Waals surface area contributed by atoms with Gasteiger partial charge in [0.1, 0.15) is 5.76 Å². The van der Waals surface area contributed by atoms with Gasteiger partial charge in [-0.2, -0.15) is 0 Å². The van der Waals surface area contributed by atoms with Crippen molar-refractivity contribution in [3.63, 3.8) is 0 Å². The Kier molecular flexibility index (Phi) is 5.18. The molecule has 0 saturated carbocycles. The third-order valence-corrected chi connectivity index (χ3v) is 1.93. The molecule has 0 bridgehead atoms. The van der Waals surface area contributed by atoms with Gasteiger partial charge in [-0.25, -0.2) is 0 Å². The molecule has 68 valence electrons. The van der Waals surface area contributed by atoms with E-state index in [1.807, 2.05) is 26.0 Å². The van der Waals surface area contributed by atoms with Crippen molar-refractivity contribution >= 4 is 0 Å². The maximum absolute atomic E-state index is 5.12. The molecule has 0 aliphatic heterocycles. The maximum Gasteiger partial charge on any atom is 0.114 e. The minimum absolute atomic E-state index is 0.911. The number of methoxy groups -OCH3 is 1. The van der Waals surface area contributed by atoms with Gasteiger partial charge in [-0.3, -0.25) is 0 Å². The highest BCUT2D eigenvalue weighted by Crippen LogP contribution is 2.11. The van der Waals surface area contributed by atoms with E-state index in [1.54, 1.807) is 7.11 Å². The van der Waals surface area contributed by atoms with Gasteiger partial charge < -0.3 is 4.74 Å². The predicted molar refractivity (Wildman–Crippen MR) is 54.0 cm³/mol. The Morgan fingerprint density at radius 3 is 1.92 bits per heavy atom. The monoisotopic (exact) mass is 166 g/mol. The van der Waals surface area contributed by atoms with Crippen molar-refractivity contribution in [3.05, 3.63) is 35.1 Å². The second-order valence-electron chi connectivity index (χ2n) is 2.69. The molecule has 0 aliphatic rings. The van der Waals surface area contributed by atoms with Crippen LogP contribution in [-0.4, -0.2) is 7.11 Å². The van der Waals surface area contributed by atoms with E-state index in [9.17, 15) is 0 Å². The molecule has 0 unspecified atom stereocenters. The van der Waals surface area contributed by atoms with Crippen molar-refractivity contribution < 1.29 is 4.74 Å². The van der Waals surface area contributed by atoms with Gasteiger partial charge in [0.05, 0.1) is 7.11 Å². The Balaban J connectivity index is 4.55. The van der Waals surface area contributed by atoms with E-state index in [4.69, 9.17) is 4.74 Å². The van der Waals surface area contributed by atoms with E-state index < -0.39 is 0 Å². The fourth-order valence-electron chi connectivity index (χ4n) is 0.815. The second-order valence-corrected chi connectivity index (χ2v) is 2.69.